The maximum Gasteiger partial charge on any atom is 0.266 e. The second-order valence-corrected chi connectivity index (χ2v) is 15.8. The first-order valence-electron chi connectivity index (χ1n) is 21.0. The Morgan fingerprint density at radius 1 is 0.848 bits per heavy atom. The molecule has 338 valence electrons. The summed E-state index contributed by atoms with van der Waals surface area (Å²) in [6.07, 6.45) is 3.59. The standard InChI is InChI=1S/C47H42ClFN8O9/c1-64-34-10-7-9-32(49)40(34)42-31-20-26(48)12-14-28(31)41-25(22-52-42)23-53-47(56-41)54-27-13-15-29(36(21-27)65-2)43(60)51-19-5-3-4-18-50-38(59)24-66-35-11-6-8-30-39(35)46(63)57(45(30)62)33-16-17-37(58)55-44(33)61/h6-15,20-21,23,33H,3-5,16-19,22,24H2,1-2H3,(H,50,59)(H,51,60)(H,53,54,56)(H,55,58,61). The number of nitrogens with zero attached hydrogens (tertiary/aromatic N) is 4. The van der Waals surface area contributed by atoms with Gasteiger partial charge in [0, 0.05) is 59.2 Å². The Morgan fingerprint density at radius 2 is 1.62 bits per heavy atom. The van der Waals surface area contributed by atoms with Crippen molar-refractivity contribution in [3.8, 4) is 28.5 Å². The molecule has 0 bridgehead atoms. The van der Waals surface area contributed by atoms with Gasteiger partial charge in [-0.1, -0.05) is 29.8 Å². The molecule has 66 heavy (non-hydrogen) atoms. The molecule has 1 aromatic heterocycles. The zero-order valence-electron chi connectivity index (χ0n) is 35.7. The van der Waals surface area contributed by atoms with E-state index < -0.39 is 48.0 Å². The normalized spacial score (nSPS) is 15.1. The van der Waals surface area contributed by atoms with E-state index in [1.165, 1.54) is 38.5 Å². The van der Waals surface area contributed by atoms with E-state index in [1.54, 1.807) is 48.7 Å². The van der Waals surface area contributed by atoms with Crippen molar-refractivity contribution in [2.75, 3.05) is 39.2 Å². The summed E-state index contributed by atoms with van der Waals surface area (Å²) in [4.78, 5) is 91.0. The van der Waals surface area contributed by atoms with Crippen molar-refractivity contribution < 1.29 is 47.4 Å². The van der Waals surface area contributed by atoms with Gasteiger partial charge in [-0.25, -0.2) is 14.4 Å². The SMILES string of the molecule is COc1cc(Nc2ncc3c(n2)-c2ccc(Cl)cc2C(c2c(F)cccc2OC)=NC3)ccc1C(=O)NCCCCCNC(=O)COc1cccc2c1C(=O)N(C1CCC(=O)NC1=O)C2=O. The number of rotatable bonds is 16. The number of methoxy groups -OCH3 is 2. The van der Waals surface area contributed by atoms with Crippen molar-refractivity contribution in [1.29, 1.82) is 0 Å². The zero-order chi connectivity index (χ0) is 46.5. The van der Waals surface area contributed by atoms with E-state index in [0.29, 0.717) is 88.2 Å². The lowest BCUT2D eigenvalue weighted by Crippen LogP contribution is -2.54. The summed E-state index contributed by atoms with van der Waals surface area (Å²) in [6.45, 7) is 0.450. The van der Waals surface area contributed by atoms with E-state index in [-0.39, 0.29) is 53.7 Å². The first kappa shape index (κ1) is 44.9. The summed E-state index contributed by atoms with van der Waals surface area (Å²) in [5, 5.41) is 11.4. The fraction of sp³-hybridized carbons (Fsp3) is 0.255. The fourth-order valence-corrected chi connectivity index (χ4v) is 8.11. The molecule has 8 rings (SSSR count). The topological polar surface area (TPSA) is 220 Å². The molecule has 17 nitrogen and oxygen atoms in total. The summed E-state index contributed by atoms with van der Waals surface area (Å²) in [7, 11) is 2.93. The third-order valence-corrected chi connectivity index (χ3v) is 11.4. The molecule has 3 aliphatic heterocycles. The average molecular weight is 917 g/mol. The van der Waals surface area contributed by atoms with Crippen LogP contribution in [0.25, 0.3) is 11.3 Å². The summed E-state index contributed by atoms with van der Waals surface area (Å²) >= 11 is 6.44. The van der Waals surface area contributed by atoms with Crippen LogP contribution in [0.5, 0.6) is 17.2 Å². The number of aromatic nitrogens is 2. The molecule has 1 saturated heterocycles. The van der Waals surface area contributed by atoms with Crippen molar-refractivity contribution >= 4 is 64.4 Å². The largest absolute Gasteiger partial charge is 0.496 e. The number of fused-ring (bicyclic) bond motifs is 4. The highest BCUT2D eigenvalue weighted by Gasteiger charge is 2.46. The van der Waals surface area contributed by atoms with Crippen molar-refractivity contribution in [3.05, 3.63) is 123 Å². The minimum atomic E-state index is -1.12. The Bertz CT molecular complexity index is 2840. The zero-order valence-corrected chi connectivity index (χ0v) is 36.4. The predicted molar refractivity (Wildman–Crippen MR) is 239 cm³/mol. The molecular weight excluding hydrogens is 875 g/mol. The van der Waals surface area contributed by atoms with Gasteiger partial charge in [0.15, 0.2) is 6.61 Å². The van der Waals surface area contributed by atoms with Gasteiger partial charge < -0.3 is 30.2 Å². The number of imide groups is 2. The lowest BCUT2D eigenvalue weighted by atomic mass is 9.94. The van der Waals surface area contributed by atoms with Crippen LogP contribution in [0.3, 0.4) is 0 Å². The molecule has 3 aliphatic rings. The van der Waals surface area contributed by atoms with Crippen LogP contribution >= 0.6 is 11.6 Å². The van der Waals surface area contributed by atoms with Gasteiger partial charge in [0.1, 0.15) is 29.1 Å². The number of unbranched alkanes of at least 4 members (excludes halogenated alkanes) is 2. The lowest BCUT2D eigenvalue weighted by molar-refractivity contribution is -0.136. The molecule has 1 fully saturated rings. The summed E-state index contributed by atoms with van der Waals surface area (Å²) in [5.41, 5.74) is 4.02. The number of halogens is 2. The first-order valence-corrected chi connectivity index (χ1v) is 21.3. The van der Waals surface area contributed by atoms with Gasteiger partial charge in [-0.15, -0.1) is 0 Å². The van der Waals surface area contributed by atoms with Crippen molar-refractivity contribution in [1.82, 2.24) is 30.8 Å². The molecule has 0 spiro atoms. The summed E-state index contributed by atoms with van der Waals surface area (Å²) in [5.74, 6) is -2.94. The highest BCUT2D eigenvalue weighted by molar-refractivity contribution is 6.32. The van der Waals surface area contributed by atoms with E-state index in [0.717, 1.165) is 4.90 Å². The van der Waals surface area contributed by atoms with Crippen LogP contribution in [0.1, 0.15) is 79.9 Å². The van der Waals surface area contributed by atoms with Gasteiger partial charge in [0.2, 0.25) is 17.8 Å². The summed E-state index contributed by atoms with van der Waals surface area (Å²) in [6, 6.07) is 18.1. The lowest BCUT2D eigenvalue weighted by Gasteiger charge is -2.27. The average Bonchev–Trinajstić information content (AvgIpc) is 3.46. The number of amides is 6. The van der Waals surface area contributed by atoms with Crippen LogP contribution in [0, 0.1) is 5.82 Å². The highest BCUT2D eigenvalue weighted by Crippen LogP contribution is 2.37. The molecule has 1 unspecified atom stereocenters. The molecule has 0 saturated carbocycles. The number of carbonyl (C=O) groups is 6. The molecule has 4 N–H and O–H groups in total. The third kappa shape index (κ3) is 9.26. The second kappa shape index (κ2) is 19.6. The maximum absolute atomic E-state index is 15.3. The molecule has 4 heterocycles. The Morgan fingerprint density at radius 3 is 2.41 bits per heavy atom. The van der Waals surface area contributed by atoms with E-state index >= 15 is 4.39 Å². The number of ether oxygens (including phenoxy) is 3. The Hall–Kier alpha value is -7.73. The van der Waals surface area contributed by atoms with Crippen molar-refractivity contribution in [3.63, 3.8) is 0 Å². The molecule has 0 radical (unpaired) electrons. The minimum absolute atomic E-state index is 0.00664. The number of hydrogen-bond donors (Lipinski definition) is 4. The van der Waals surface area contributed by atoms with Crippen LogP contribution < -0.4 is 35.5 Å². The quantitative estimate of drug-likeness (QED) is 0.0708. The number of piperidine rings is 1. The van der Waals surface area contributed by atoms with E-state index in [4.69, 9.17) is 35.8 Å². The monoisotopic (exact) mass is 916 g/mol. The van der Waals surface area contributed by atoms with Gasteiger partial charge in [-0.3, -0.25) is 44.0 Å². The number of nitrogens with one attached hydrogen (secondary N) is 4. The number of anilines is 2. The van der Waals surface area contributed by atoms with Gasteiger partial charge in [0.05, 0.1) is 54.4 Å². The number of aliphatic imine (C=N–C) groups is 1. The number of hydrogen-bond acceptors (Lipinski definition) is 13. The van der Waals surface area contributed by atoms with Crippen LogP contribution in [0.4, 0.5) is 16.0 Å². The first-order chi connectivity index (χ1) is 31.9. The molecule has 5 aromatic rings. The minimum Gasteiger partial charge on any atom is -0.496 e. The van der Waals surface area contributed by atoms with Crippen LogP contribution in [0.15, 0.2) is 84.0 Å². The van der Waals surface area contributed by atoms with Gasteiger partial charge in [-0.2, -0.15) is 0 Å². The van der Waals surface area contributed by atoms with Crippen LogP contribution in [-0.2, 0) is 20.9 Å². The molecule has 6 amide bonds. The maximum atomic E-state index is 15.3. The molecular formula is C47H42ClFN8O9. The molecule has 1 atom stereocenters. The van der Waals surface area contributed by atoms with Crippen molar-refractivity contribution in [2.24, 2.45) is 4.99 Å². The van der Waals surface area contributed by atoms with Crippen LogP contribution in [-0.4, -0.2) is 96.0 Å². The smallest absolute Gasteiger partial charge is 0.266 e. The third-order valence-electron chi connectivity index (χ3n) is 11.1. The highest BCUT2D eigenvalue weighted by atomic mass is 35.5. The van der Waals surface area contributed by atoms with E-state index in [2.05, 4.69) is 26.3 Å². The van der Waals surface area contributed by atoms with Gasteiger partial charge in [-0.05, 0) is 74.2 Å². The molecule has 4 aromatic carbocycles. The molecule has 19 heteroatoms. The Labute approximate surface area is 382 Å². The Kier molecular flexibility index (Phi) is 13.3. The second-order valence-electron chi connectivity index (χ2n) is 15.4. The Balaban J connectivity index is 0.807. The van der Waals surface area contributed by atoms with Crippen LogP contribution in [0.2, 0.25) is 5.02 Å². The molecule has 0 aliphatic carbocycles. The number of benzene rings is 4. The number of carbonyl (C=O) groups excluding carboxylic acids is 6. The van der Waals surface area contributed by atoms with E-state index in [1.807, 2.05) is 6.07 Å². The summed E-state index contributed by atoms with van der Waals surface area (Å²) < 4.78 is 32.0. The van der Waals surface area contributed by atoms with Gasteiger partial charge >= 0.3 is 0 Å². The fourth-order valence-electron chi connectivity index (χ4n) is 7.94. The van der Waals surface area contributed by atoms with E-state index in [9.17, 15) is 28.8 Å². The van der Waals surface area contributed by atoms with Crippen molar-refractivity contribution in [2.45, 2.75) is 44.7 Å². The predicted octanol–water partition coefficient (Wildman–Crippen LogP) is 5.54. The van der Waals surface area contributed by atoms with Gasteiger partial charge in [0.25, 0.3) is 23.6 Å².